The number of H-pyrrole nitrogens is 1. The van der Waals surface area contributed by atoms with Crippen molar-refractivity contribution in [3.05, 3.63) is 81.9 Å². The van der Waals surface area contributed by atoms with Gasteiger partial charge >= 0.3 is 6.18 Å². The molecule has 2 aromatic carbocycles. The molecule has 1 amide bonds. The van der Waals surface area contributed by atoms with Gasteiger partial charge in [-0.2, -0.15) is 22.8 Å². The number of halogens is 3. The Hall–Kier alpha value is -4.08. The molecule has 7 nitrogen and oxygen atoms in total. The van der Waals surface area contributed by atoms with E-state index in [1.165, 1.54) is 19.1 Å². The van der Waals surface area contributed by atoms with E-state index in [0.717, 1.165) is 25.7 Å². The van der Waals surface area contributed by atoms with Crippen LogP contribution in [-0.2, 0) is 6.18 Å². The summed E-state index contributed by atoms with van der Waals surface area (Å²) < 4.78 is 48.3. The number of aromatic nitrogens is 3. The number of carbonyl (C=O) groups excluding carboxylic acids is 1. The van der Waals surface area contributed by atoms with Gasteiger partial charge in [0.25, 0.3) is 11.5 Å². The predicted molar refractivity (Wildman–Crippen MR) is 128 cm³/mol. The molecular formula is C26H23F3N4O3. The maximum absolute atomic E-state index is 13.9. The van der Waals surface area contributed by atoms with Gasteiger partial charge in [0.1, 0.15) is 17.0 Å². The Kier molecular flexibility index (Phi) is 6.03. The number of alkyl halides is 3. The van der Waals surface area contributed by atoms with E-state index < -0.39 is 23.3 Å². The van der Waals surface area contributed by atoms with E-state index in [1.54, 1.807) is 42.5 Å². The van der Waals surface area contributed by atoms with Crippen LogP contribution in [-0.4, -0.2) is 26.6 Å². The molecule has 2 aromatic heterocycles. The number of nitrogens with zero attached hydrogens (tertiary/aromatic N) is 2. The summed E-state index contributed by atoms with van der Waals surface area (Å²) in [5, 5.41) is 6.26. The molecule has 4 aromatic rings. The van der Waals surface area contributed by atoms with Crippen LogP contribution in [0.2, 0.25) is 0 Å². The molecule has 0 aliphatic heterocycles. The van der Waals surface area contributed by atoms with Gasteiger partial charge in [-0.1, -0.05) is 42.5 Å². The van der Waals surface area contributed by atoms with Crippen molar-refractivity contribution in [3.63, 3.8) is 0 Å². The monoisotopic (exact) mass is 496 g/mol. The van der Waals surface area contributed by atoms with Crippen molar-refractivity contribution >= 4 is 17.2 Å². The summed E-state index contributed by atoms with van der Waals surface area (Å²) in [6, 6.07) is 14.7. The van der Waals surface area contributed by atoms with E-state index in [-0.39, 0.29) is 34.1 Å². The number of hydrogen-bond donors (Lipinski definition) is 2. The first kappa shape index (κ1) is 23.7. The zero-order valence-corrected chi connectivity index (χ0v) is 19.4. The molecule has 36 heavy (non-hydrogen) atoms. The Morgan fingerprint density at radius 3 is 2.44 bits per heavy atom. The number of amides is 1. The van der Waals surface area contributed by atoms with Crippen LogP contribution in [0.1, 0.15) is 47.4 Å². The fourth-order valence-electron chi connectivity index (χ4n) is 4.57. The molecule has 5 rings (SSSR count). The number of nitrogens with one attached hydrogen (secondary N) is 2. The standard InChI is InChI=1S/C26H23F3N4O3/c1-15-20(24(34)31-18-13-7-8-14-19(18)36-17-11-5-6-12-17)25(35)33-23(30-15)21(16-9-3-2-4-10-16)22(32-33)26(27,28)29/h2-4,7-10,13-14,17,30H,5-6,11-12H2,1H3,(H,31,34). The van der Waals surface area contributed by atoms with Gasteiger partial charge in [0.2, 0.25) is 0 Å². The summed E-state index contributed by atoms with van der Waals surface area (Å²) in [6.07, 6.45) is -0.786. The molecule has 0 bridgehead atoms. The fraction of sp³-hybridized carbons (Fsp3) is 0.269. The van der Waals surface area contributed by atoms with Gasteiger partial charge in [0, 0.05) is 5.69 Å². The number of para-hydroxylation sites is 2. The molecule has 10 heteroatoms. The molecule has 186 valence electrons. The van der Waals surface area contributed by atoms with E-state index in [2.05, 4.69) is 15.4 Å². The summed E-state index contributed by atoms with van der Waals surface area (Å²) in [7, 11) is 0. The molecule has 1 saturated carbocycles. The van der Waals surface area contributed by atoms with Crippen LogP contribution >= 0.6 is 0 Å². The average Bonchev–Trinajstić information content (AvgIpc) is 3.49. The predicted octanol–water partition coefficient (Wildman–Crippen LogP) is 5.59. The summed E-state index contributed by atoms with van der Waals surface area (Å²) in [4.78, 5) is 29.3. The van der Waals surface area contributed by atoms with Gasteiger partial charge in [-0.05, 0) is 50.3 Å². The zero-order valence-electron chi connectivity index (χ0n) is 19.4. The Bertz CT molecular complexity index is 1490. The second-order valence-electron chi connectivity index (χ2n) is 8.75. The number of rotatable bonds is 5. The van der Waals surface area contributed by atoms with Crippen LogP contribution in [0.25, 0.3) is 16.8 Å². The number of hydrogen-bond acceptors (Lipinski definition) is 4. The Morgan fingerprint density at radius 2 is 1.75 bits per heavy atom. The third-order valence-corrected chi connectivity index (χ3v) is 6.26. The van der Waals surface area contributed by atoms with Crippen LogP contribution in [0.15, 0.2) is 59.4 Å². The number of aromatic amines is 1. The molecule has 1 fully saturated rings. The number of aryl methyl sites for hydroxylation is 1. The average molecular weight is 496 g/mol. The van der Waals surface area contributed by atoms with Gasteiger partial charge in [-0.15, -0.1) is 0 Å². The van der Waals surface area contributed by atoms with Gasteiger partial charge in [0.15, 0.2) is 5.69 Å². The second-order valence-corrected chi connectivity index (χ2v) is 8.75. The van der Waals surface area contributed by atoms with Crippen molar-refractivity contribution in [2.75, 3.05) is 5.32 Å². The molecule has 1 aliphatic rings. The van der Waals surface area contributed by atoms with Gasteiger partial charge in [-0.25, -0.2) is 0 Å². The van der Waals surface area contributed by atoms with Crippen molar-refractivity contribution in [2.45, 2.75) is 44.9 Å². The molecular weight excluding hydrogens is 473 g/mol. The highest BCUT2D eigenvalue weighted by atomic mass is 19.4. The molecule has 1 aliphatic carbocycles. The van der Waals surface area contributed by atoms with E-state index in [0.29, 0.717) is 16.0 Å². The number of fused-ring (bicyclic) bond motifs is 1. The highest BCUT2D eigenvalue weighted by Gasteiger charge is 2.39. The lowest BCUT2D eigenvalue weighted by Gasteiger charge is -2.17. The smallest absolute Gasteiger partial charge is 0.435 e. The minimum absolute atomic E-state index is 0.0470. The third-order valence-electron chi connectivity index (χ3n) is 6.26. The van der Waals surface area contributed by atoms with Gasteiger partial charge < -0.3 is 15.0 Å². The first-order chi connectivity index (χ1) is 17.2. The van der Waals surface area contributed by atoms with E-state index >= 15 is 0 Å². The molecule has 0 atom stereocenters. The van der Waals surface area contributed by atoms with E-state index in [1.807, 2.05) is 0 Å². The third kappa shape index (κ3) is 4.34. The van der Waals surface area contributed by atoms with Crippen LogP contribution < -0.4 is 15.6 Å². The lowest BCUT2D eigenvalue weighted by atomic mass is 10.1. The Morgan fingerprint density at radius 1 is 1.08 bits per heavy atom. The molecule has 0 spiro atoms. The summed E-state index contributed by atoms with van der Waals surface area (Å²) in [5.41, 5.74) is -2.18. The van der Waals surface area contributed by atoms with Gasteiger partial charge in [-0.3, -0.25) is 9.59 Å². The molecule has 2 N–H and O–H groups in total. The van der Waals surface area contributed by atoms with Crippen molar-refractivity contribution in [1.82, 2.24) is 14.6 Å². The normalized spacial score (nSPS) is 14.3. The maximum atomic E-state index is 13.9. The maximum Gasteiger partial charge on any atom is 0.435 e. The van der Waals surface area contributed by atoms with Gasteiger partial charge in [0.05, 0.1) is 17.4 Å². The minimum atomic E-state index is -4.82. The largest absolute Gasteiger partial charge is 0.488 e. The van der Waals surface area contributed by atoms with Crippen molar-refractivity contribution in [3.8, 4) is 16.9 Å². The summed E-state index contributed by atoms with van der Waals surface area (Å²) in [5.74, 6) is -0.304. The van der Waals surface area contributed by atoms with Crippen LogP contribution in [0.4, 0.5) is 18.9 Å². The molecule has 0 radical (unpaired) electrons. The Balaban J connectivity index is 1.57. The summed E-state index contributed by atoms with van der Waals surface area (Å²) >= 11 is 0. The fourth-order valence-corrected chi connectivity index (χ4v) is 4.57. The SMILES string of the molecule is Cc1[nH]c2c(-c3ccccc3)c(C(F)(F)F)nn2c(=O)c1C(=O)Nc1ccccc1OC1CCCC1. The number of anilines is 1. The highest BCUT2D eigenvalue weighted by molar-refractivity contribution is 6.05. The van der Waals surface area contributed by atoms with Crippen molar-refractivity contribution in [2.24, 2.45) is 0 Å². The molecule has 0 unspecified atom stereocenters. The molecule has 2 heterocycles. The highest BCUT2D eigenvalue weighted by Crippen LogP contribution is 2.38. The van der Waals surface area contributed by atoms with Crippen LogP contribution in [0.3, 0.4) is 0 Å². The van der Waals surface area contributed by atoms with Crippen LogP contribution in [0.5, 0.6) is 5.75 Å². The number of carbonyl (C=O) groups is 1. The van der Waals surface area contributed by atoms with Crippen molar-refractivity contribution < 1.29 is 22.7 Å². The lowest BCUT2D eigenvalue weighted by Crippen LogP contribution is -2.29. The summed E-state index contributed by atoms with van der Waals surface area (Å²) in [6.45, 7) is 1.46. The second kappa shape index (κ2) is 9.18. The molecule has 0 saturated heterocycles. The van der Waals surface area contributed by atoms with Crippen molar-refractivity contribution in [1.29, 1.82) is 0 Å². The van der Waals surface area contributed by atoms with E-state index in [9.17, 15) is 22.8 Å². The zero-order chi connectivity index (χ0) is 25.4. The number of ether oxygens (including phenoxy) is 1. The lowest BCUT2D eigenvalue weighted by molar-refractivity contribution is -0.140. The van der Waals surface area contributed by atoms with E-state index in [4.69, 9.17) is 4.74 Å². The topological polar surface area (TPSA) is 88.5 Å². The first-order valence-electron chi connectivity index (χ1n) is 11.6. The number of benzene rings is 2. The quantitative estimate of drug-likeness (QED) is 0.377. The first-order valence-corrected chi connectivity index (χ1v) is 11.6. The minimum Gasteiger partial charge on any atom is -0.488 e. The van der Waals surface area contributed by atoms with Crippen LogP contribution in [0, 0.1) is 6.92 Å². The Labute approximate surface area is 203 Å².